The minimum Gasteiger partial charge on any atom is -0.278 e. The van der Waals surface area contributed by atoms with Crippen LogP contribution in [0, 0.1) is 11.8 Å². The lowest BCUT2D eigenvalue weighted by Crippen LogP contribution is -2.30. The van der Waals surface area contributed by atoms with Crippen LogP contribution in [0.5, 0.6) is 0 Å². The van der Waals surface area contributed by atoms with E-state index in [9.17, 15) is 22.8 Å². The van der Waals surface area contributed by atoms with Gasteiger partial charge in [0.2, 0.25) is 11.8 Å². The largest absolute Gasteiger partial charge is 0.416 e. The van der Waals surface area contributed by atoms with E-state index in [-0.39, 0.29) is 30.2 Å². The summed E-state index contributed by atoms with van der Waals surface area (Å²) in [6.45, 7) is -0.103. The van der Waals surface area contributed by atoms with Crippen molar-refractivity contribution in [2.75, 3.05) is 0 Å². The minimum absolute atomic E-state index is 0.103. The highest BCUT2D eigenvalue weighted by Gasteiger charge is 2.47. The van der Waals surface area contributed by atoms with Crippen molar-refractivity contribution in [2.45, 2.75) is 25.6 Å². The van der Waals surface area contributed by atoms with Crippen LogP contribution in [0.3, 0.4) is 0 Å². The lowest BCUT2D eigenvalue weighted by Gasteiger charge is -2.16. The summed E-state index contributed by atoms with van der Waals surface area (Å²) in [5.74, 6) is -1.28. The van der Waals surface area contributed by atoms with Gasteiger partial charge >= 0.3 is 6.18 Å². The Morgan fingerprint density at radius 1 is 1.05 bits per heavy atom. The van der Waals surface area contributed by atoms with Crippen LogP contribution in [0.2, 0.25) is 0 Å². The monoisotopic (exact) mass is 309 g/mol. The highest BCUT2D eigenvalue weighted by Crippen LogP contribution is 2.36. The number of likely N-dealkylation sites (tertiary alicyclic amines) is 1. The zero-order valence-corrected chi connectivity index (χ0v) is 11.6. The van der Waals surface area contributed by atoms with Crippen LogP contribution < -0.4 is 0 Å². The number of rotatable bonds is 2. The highest BCUT2D eigenvalue weighted by atomic mass is 19.4. The van der Waals surface area contributed by atoms with Crippen LogP contribution in [-0.4, -0.2) is 16.7 Å². The molecule has 22 heavy (non-hydrogen) atoms. The van der Waals surface area contributed by atoms with Crippen molar-refractivity contribution in [2.24, 2.45) is 11.8 Å². The average molecular weight is 309 g/mol. The molecule has 1 aliphatic carbocycles. The van der Waals surface area contributed by atoms with Crippen LogP contribution in [0.25, 0.3) is 0 Å². The number of allylic oxidation sites excluding steroid dienone is 2. The summed E-state index contributed by atoms with van der Waals surface area (Å²) in [5, 5.41) is 0. The first-order valence-electron chi connectivity index (χ1n) is 7.04. The molecule has 2 aliphatic rings. The Morgan fingerprint density at radius 2 is 1.64 bits per heavy atom. The van der Waals surface area contributed by atoms with Crippen LogP contribution >= 0.6 is 0 Å². The van der Waals surface area contributed by atoms with Crippen molar-refractivity contribution < 1.29 is 22.8 Å². The molecule has 0 spiro atoms. The van der Waals surface area contributed by atoms with Gasteiger partial charge in [0.05, 0.1) is 23.9 Å². The van der Waals surface area contributed by atoms with Gasteiger partial charge in [-0.2, -0.15) is 13.2 Å². The number of halogens is 3. The molecule has 1 aromatic rings. The second kappa shape index (κ2) is 5.26. The summed E-state index contributed by atoms with van der Waals surface area (Å²) < 4.78 is 38.2. The van der Waals surface area contributed by atoms with E-state index in [0.717, 1.165) is 17.0 Å². The van der Waals surface area contributed by atoms with Crippen molar-refractivity contribution >= 4 is 11.8 Å². The summed E-state index contributed by atoms with van der Waals surface area (Å²) in [5.41, 5.74) is -0.466. The van der Waals surface area contributed by atoms with Gasteiger partial charge in [-0.25, -0.2) is 0 Å². The van der Waals surface area contributed by atoms with E-state index in [1.807, 2.05) is 12.2 Å². The Morgan fingerprint density at radius 3 is 2.18 bits per heavy atom. The number of nitrogens with zero attached hydrogens (tertiary/aromatic N) is 1. The molecular weight excluding hydrogens is 295 g/mol. The van der Waals surface area contributed by atoms with Crippen LogP contribution in [0.15, 0.2) is 36.4 Å². The third-order valence-corrected chi connectivity index (χ3v) is 4.19. The number of hydrogen-bond donors (Lipinski definition) is 0. The number of carbonyl (C=O) groups is 2. The molecule has 2 amide bonds. The number of imide groups is 1. The third-order valence-electron chi connectivity index (χ3n) is 4.19. The van der Waals surface area contributed by atoms with E-state index in [1.165, 1.54) is 12.1 Å². The topological polar surface area (TPSA) is 37.4 Å². The Balaban J connectivity index is 1.82. The number of hydrogen-bond acceptors (Lipinski definition) is 2. The molecule has 0 aromatic heterocycles. The van der Waals surface area contributed by atoms with Crippen molar-refractivity contribution in [1.29, 1.82) is 0 Å². The zero-order chi connectivity index (χ0) is 15.9. The van der Waals surface area contributed by atoms with Gasteiger partial charge in [0.1, 0.15) is 0 Å². The van der Waals surface area contributed by atoms with Crippen molar-refractivity contribution in [3.05, 3.63) is 47.5 Å². The fraction of sp³-hybridized carbons (Fsp3) is 0.375. The third kappa shape index (κ3) is 2.53. The molecule has 1 fully saturated rings. The molecule has 1 saturated heterocycles. The molecule has 3 rings (SSSR count). The Bertz CT molecular complexity index is 625. The molecule has 116 valence electrons. The summed E-state index contributed by atoms with van der Waals surface area (Å²) >= 11 is 0. The van der Waals surface area contributed by atoms with Gasteiger partial charge in [0, 0.05) is 0 Å². The van der Waals surface area contributed by atoms with Crippen molar-refractivity contribution in [3.63, 3.8) is 0 Å². The van der Waals surface area contributed by atoms with Gasteiger partial charge in [0.15, 0.2) is 0 Å². The van der Waals surface area contributed by atoms with Crippen LogP contribution in [0.1, 0.15) is 24.0 Å². The van der Waals surface area contributed by atoms with Gasteiger partial charge < -0.3 is 0 Å². The molecule has 0 radical (unpaired) electrons. The molecule has 0 saturated carbocycles. The second-order valence-corrected chi connectivity index (χ2v) is 5.62. The van der Waals surface area contributed by atoms with E-state index in [2.05, 4.69) is 0 Å². The first-order chi connectivity index (χ1) is 10.4. The van der Waals surface area contributed by atoms with Gasteiger partial charge in [-0.1, -0.05) is 24.3 Å². The van der Waals surface area contributed by atoms with Gasteiger partial charge in [0.25, 0.3) is 0 Å². The van der Waals surface area contributed by atoms with E-state index < -0.39 is 11.7 Å². The van der Waals surface area contributed by atoms with E-state index in [1.54, 1.807) is 0 Å². The summed E-state index contributed by atoms with van der Waals surface area (Å²) in [7, 11) is 0. The molecule has 1 aliphatic heterocycles. The normalized spacial score (nSPS) is 24.8. The first-order valence-corrected chi connectivity index (χ1v) is 7.04. The van der Waals surface area contributed by atoms with Gasteiger partial charge in [-0.3, -0.25) is 14.5 Å². The number of alkyl halides is 3. The minimum atomic E-state index is -4.44. The summed E-state index contributed by atoms with van der Waals surface area (Å²) in [4.78, 5) is 25.7. The molecular formula is C16H14F3NO2. The molecule has 2 atom stereocenters. The zero-order valence-electron chi connectivity index (χ0n) is 11.6. The molecule has 1 aromatic carbocycles. The predicted octanol–water partition coefficient (Wildman–Crippen LogP) is 3.16. The van der Waals surface area contributed by atoms with E-state index >= 15 is 0 Å². The lowest BCUT2D eigenvalue weighted by atomic mass is 9.85. The number of amides is 2. The Hall–Kier alpha value is -2.11. The highest BCUT2D eigenvalue weighted by molar-refractivity contribution is 6.05. The first kappa shape index (κ1) is 14.8. The molecule has 3 nitrogen and oxygen atoms in total. The quantitative estimate of drug-likeness (QED) is 0.621. The lowest BCUT2D eigenvalue weighted by molar-refractivity contribution is -0.140. The average Bonchev–Trinajstić information content (AvgIpc) is 2.72. The Kier molecular flexibility index (Phi) is 3.54. The maximum Gasteiger partial charge on any atom is 0.416 e. The van der Waals surface area contributed by atoms with Crippen molar-refractivity contribution in [3.8, 4) is 0 Å². The molecule has 6 heteroatoms. The Labute approximate surface area is 125 Å². The van der Waals surface area contributed by atoms with Crippen LogP contribution in [-0.2, 0) is 22.3 Å². The van der Waals surface area contributed by atoms with E-state index in [4.69, 9.17) is 0 Å². The molecule has 0 unspecified atom stereocenters. The molecule has 0 bridgehead atoms. The molecule has 1 heterocycles. The van der Waals surface area contributed by atoms with Gasteiger partial charge in [-0.15, -0.1) is 0 Å². The summed E-state index contributed by atoms with van der Waals surface area (Å²) in [6, 6.07) is 4.75. The maximum atomic E-state index is 12.7. The van der Waals surface area contributed by atoms with Crippen molar-refractivity contribution in [1.82, 2.24) is 4.90 Å². The molecule has 0 N–H and O–H groups in total. The maximum absolute atomic E-state index is 12.7. The number of fused-ring (bicyclic) bond motifs is 1. The second-order valence-electron chi connectivity index (χ2n) is 5.62. The fourth-order valence-electron chi connectivity index (χ4n) is 3.05. The fourth-order valence-corrected chi connectivity index (χ4v) is 3.05. The number of carbonyl (C=O) groups excluding carboxylic acids is 2. The SMILES string of the molecule is O=C1[C@H]2CC=CC[C@@H]2C(=O)N1Cc1cccc(C(F)(F)F)c1. The summed E-state index contributed by atoms with van der Waals surface area (Å²) in [6.07, 6.45) is 0.357. The van der Waals surface area contributed by atoms with E-state index in [0.29, 0.717) is 18.4 Å². The smallest absolute Gasteiger partial charge is 0.278 e. The number of benzene rings is 1. The van der Waals surface area contributed by atoms with Crippen LogP contribution in [0.4, 0.5) is 13.2 Å². The standard InChI is InChI=1S/C16H14F3NO2/c17-16(18,19)11-5-3-4-10(8-11)9-20-14(21)12-6-1-2-7-13(12)15(20)22/h1-5,8,12-13H,6-7,9H2/t12-,13-/m0/s1. The predicted molar refractivity (Wildman–Crippen MR) is 72.4 cm³/mol. The van der Waals surface area contributed by atoms with Gasteiger partial charge in [-0.05, 0) is 30.5 Å².